The molecule has 0 bridgehead atoms. The second-order valence-corrected chi connectivity index (χ2v) is 1.64. The molecule has 0 fully saturated rings. The van der Waals surface area contributed by atoms with E-state index in [2.05, 4.69) is 4.84 Å². The zero-order valence-electron chi connectivity index (χ0n) is 4.55. The van der Waals surface area contributed by atoms with Gasteiger partial charge in [0.1, 0.15) is 0 Å². The first-order chi connectivity index (χ1) is 3.27. The van der Waals surface area contributed by atoms with E-state index in [1.807, 2.05) is 6.92 Å². The third-order valence-electron chi connectivity index (χ3n) is 0.691. The molecule has 4 N–H and O–H groups in total. The van der Waals surface area contributed by atoms with Crippen molar-refractivity contribution >= 4 is 0 Å². The van der Waals surface area contributed by atoms with Crippen LogP contribution >= 0.6 is 0 Å². The highest BCUT2D eigenvalue weighted by molar-refractivity contribution is 4.48. The fourth-order valence-corrected chi connectivity index (χ4v) is 0.254. The zero-order chi connectivity index (χ0) is 5.70. The Morgan fingerprint density at radius 3 is 2.43 bits per heavy atom. The average molecular weight is 104 g/mol. The third kappa shape index (κ3) is 5.88. The van der Waals surface area contributed by atoms with Crippen LogP contribution in [0.25, 0.3) is 0 Å². The van der Waals surface area contributed by atoms with Crippen molar-refractivity contribution in [3.8, 4) is 0 Å². The Balaban J connectivity index is 2.68. The number of nitrogens with two attached hydrogens (primary N) is 2. The van der Waals surface area contributed by atoms with E-state index in [0.717, 1.165) is 6.42 Å². The standard InChI is InChI=1S/C4H12N2O/c1-4(5)2-3-7-6/h4H,2-3,5-6H2,1H3/t4-/m0/s1. The van der Waals surface area contributed by atoms with Crippen LogP contribution in [0.4, 0.5) is 0 Å². The quantitative estimate of drug-likeness (QED) is 0.479. The van der Waals surface area contributed by atoms with Crippen LogP contribution < -0.4 is 11.6 Å². The molecule has 44 valence electrons. The van der Waals surface area contributed by atoms with Gasteiger partial charge in [0.05, 0.1) is 6.61 Å². The summed E-state index contributed by atoms with van der Waals surface area (Å²) in [6.07, 6.45) is 0.830. The smallest absolute Gasteiger partial charge is 0.0693 e. The molecular formula is C4H12N2O. The van der Waals surface area contributed by atoms with E-state index in [9.17, 15) is 0 Å². The van der Waals surface area contributed by atoms with E-state index >= 15 is 0 Å². The molecule has 0 radical (unpaired) electrons. The van der Waals surface area contributed by atoms with Gasteiger partial charge in [-0.05, 0) is 13.3 Å². The molecule has 3 heteroatoms. The molecule has 7 heavy (non-hydrogen) atoms. The van der Waals surface area contributed by atoms with Crippen LogP contribution in [-0.2, 0) is 4.84 Å². The summed E-state index contributed by atoms with van der Waals surface area (Å²) in [4.78, 5) is 4.27. The fraction of sp³-hybridized carbons (Fsp3) is 1.00. The Hall–Kier alpha value is -0.120. The lowest BCUT2D eigenvalue weighted by Gasteiger charge is -1.99. The summed E-state index contributed by atoms with van der Waals surface area (Å²) in [6, 6.07) is 0.198. The van der Waals surface area contributed by atoms with Gasteiger partial charge in [-0.2, -0.15) is 0 Å². The number of hydrogen-bond acceptors (Lipinski definition) is 3. The highest BCUT2D eigenvalue weighted by Gasteiger charge is 1.89. The highest BCUT2D eigenvalue weighted by Crippen LogP contribution is 1.82. The van der Waals surface area contributed by atoms with Crippen LogP contribution in [0.1, 0.15) is 13.3 Å². The maximum absolute atomic E-state index is 5.34. The SMILES string of the molecule is C[C@H](N)CCON. The summed E-state index contributed by atoms with van der Waals surface area (Å²) in [5.74, 6) is 4.72. The lowest BCUT2D eigenvalue weighted by Crippen LogP contribution is -2.18. The van der Waals surface area contributed by atoms with Gasteiger partial charge < -0.3 is 10.6 Å². The van der Waals surface area contributed by atoms with Crippen molar-refractivity contribution in [2.24, 2.45) is 11.6 Å². The van der Waals surface area contributed by atoms with Crippen LogP contribution in [0.5, 0.6) is 0 Å². The van der Waals surface area contributed by atoms with Crippen LogP contribution in [0.15, 0.2) is 0 Å². The molecule has 0 aliphatic carbocycles. The molecule has 0 spiro atoms. The first-order valence-corrected chi connectivity index (χ1v) is 2.34. The Labute approximate surface area is 43.6 Å². The molecule has 0 aromatic rings. The first-order valence-electron chi connectivity index (χ1n) is 2.34. The van der Waals surface area contributed by atoms with Gasteiger partial charge in [0, 0.05) is 6.04 Å². The normalized spacial score (nSPS) is 14.1. The Kier molecular flexibility index (Phi) is 3.98. The van der Waals surface area contributed by atoms with Gasteiger partial charge in [0.2, 0.25) is 0 Å². The van der Waals surface area contributed by atoms with Crippen molar-refractivity contribution in [2.75, 3.05) is 6.61 Å². The summed E-state index contributed by atoms with van der Waals surface area (Å²) in [7, 11) is 0. The van der Waals surface area contributed by atoms with E-state index in [-0.39, 0.29) is 6.04 Å². The van der Waals surface area contributed by atoms with Gasteiger partial charge in [-0.3, -0.25) is 0 Å². The largest absolute Gasteiger partial charge is 0.328 e. The minimum absolute atomic E-state index is 0.198. The van der Waals surface area contributed by atoms with E-state index in [1.54, 1.807) is 0 Å². The second-order valence-electron chi connectivity index (χ2n) is 1.64. The molecule has 3 nitrogen and oxygen atoms in total. The van der Waals surface area contributed by atoms with Crippen molar-refractivity contribution < 1.29 is 4.84 Å². The number of hydrogen-bond donors (Lipinski definition) is 2. The van der Waals surface area contributed by atoms with Gasteiger partial charge in [-0.15, -0.1) is 0 Å². The maximum atomic E-state index is 5.34. The fourth-order valence-electron chi connectivity index (χ4n) is 0.254. The topological polar surface area (TPSA) is 61.3 Å². The summed E-state index contributed by atoms with van der Waals surface area (Å²) < 4.78 is 0. The van der Waals surface area contributed by atoms with E-state index in [0.29, 0.717) is 6.61 Å². The molecule has 0 amide bonds. The van der Waals surface area contributed by atoms with E-state index < -0.39 is 0 Å². The molecule has 0 saturated heterocycles. The summed E-state index contributed by atoms with van der Waals surface area (Å²) in [6.45, 7) is 2.47. The maximum Gasteiger partial charge on any atom is 0.0693 e. The lowest BCUT2D eigenvalue weighted by atomic mass is 10.3. The van der Waals surface area contributed by atoms with Crippen molar-refractivity contribution in [3.05, 3.63) is 0 Å². The molecule has 1 atom stereocenters. The van der Waals surface area contributed by atoms with Crippen LogP contribution in [0.2, 0.25) is 0 Å². The number of rotatable bonds is 3. The monoisotopic (exact) mass is 104 g/mol. The van der Waals surface area contributed by atoms with Gasteiger partial charge in [0.15, 0.2) is 0 Å². The lowest BCUT2D eigenvalue weighted by molar-refractivity contribution is 0.131. The molecular weight excluding hydrogens is 92.1 g/mol. The molecule has 0 rings (SSSR count). The first kappa shape index (κ1) is 6.88. The molecule has 0 heterocycles. The van der Waals surface area contributed by atoms with Crippen LogP contribution in [0.3, 0.4) is 0 Å². The van der Waals surface area contributed by atoms with Crippen LogP contribution in [0, 0.1) is 0 Å². The molecule has 0 saturated carbocycles. The predicted molar refractivity (Wildman–Crippen MR) is 28.4 cm³/mol. The Morgan fingerprint density at radius 2 is 2.29 bits per heavy atom. The third-order valence-corrected chi connectivity index (χ3v) is 0.691. The van der Waals surface area contributed by atoms with Crippen molar-refractivity contribution in [1.29, 1.82) is 0 Å². The van der Waals surface area contributed by atoms with Gasteiger partial charge >= 0.3 is 0 Å². The molecule has 0 unspecified atom stereocenters. The summed E-state index contributed by atoms with van der Waals surface area (Å²) in [5, 5.41) is 0. The summed E-state index contributed by atoms with van der Waals surface area (Å²) >= 11 is 0. The van der Waals surface area contributed by atoms with Crippen LogP contribution in [-0.4, -0.2) is 12.6 Å². The Bertz CT molecular complexity index is 38.7. The second kappa shape index (κ2) is 4.05. The minimum atomic E-state index is 0.198. The zero-order valence-corrected chi connectivity index (χ0v) is 4.55. The van der Waals surface area contributed by atoms with Crippen molar-refractivity contribution in [2.45, 2.75) is 19.4 Å². The van der Waals surface area contributed by atoms with Gasteiger partial charge in [-0.25, -0.2) is 5.90 Å². The summed E-state index contributed by atoms with van der Waals surface area (Å²) in [5.41, 5.74) is 5.34. The highest BCUT2D eigenvalue weighted by atomic mass is 16.6. The van der Waals surface area contributed by atoms with Gasteiger partial charge in [0.25, 0.3) is 0 Å². The predicted octanol–water partition coefficient (Wildman–Crippen LogP) is -0.386. The molecule has 0 aliphatic heterocycles. The van der Waals surface area contributed by atoms with E-state index in [4.69, 9.17) is 11.6 Å². The van der Waals surface area contributed by atoms with Crippen molar-refractivity contribution in [1.82, 2.24) is 0 Å². The van der Waals surface area contributed by atoms with E-state index in [1.165, 1.54) is 0 Å². The average Bonchev–Trinajstić information content (AvgIpc) is 1.61. The molecule has 0 aromatic carbocycles. The minimum Gasteiger partial charge on any atom is -0.328 e. The van der Waals surface area contributed by atoms with Crippen molar-refractivity contribution in [3.63, 3.8) is 0 Å². The van der Waals surface area contributed by atoms with Gasteiger partial charge in [-0.1, -0.05) is 0 Å². The molecule has 0 aliphatic rings. The Morgan fingerprint density at radius 1 is 1.71 bits per heavy atom. The molecule has 0 aromatic heterocycles.